The summed E-state index contributed by atoms with van der Waals surface area (Å²) in [6.07, 6.45) is 1.47. The molecule has 1 aliphatic heterocycles. The van der Waals surface area contributed by atoms with Crippen LogP contribution in [0.5, 0.6) is 0 Å². The Labute approximate surface area is 104 Å². The third kappa shape index (κ3) is 2.38. The molecule has 0 spiro atoms. The van der Waals surface area contributed by atoms with Gasteiger partial charge in [0.05, 0.1) is 24.9 Å². The lowest BCUT2D eigenvalue weighted by atomic mass is 9.95. The van der Waals surface area contributed by atoms with Gasteiger partial charge >= 0.3 is 5.97 Å². The fourth-order valence-electron chi connectivity index (χ4n) is 2.01. The van der Waals surface area contributed by atoms with E-state index in [0.717, 1.165) is 0 Å². The minimum atomic E-state index is -1.01. The van der Waals surface area contributed by atoms with E-state index in [1.165, 1.54) is 6.26 Å². The van der Waals surface area contributed by atoms with Gasteiger partial charge < -0.3 is 19.2 Å². The van der Waals surface area contributed by atoms with Gasteiger partial charge in [-0.15, -0.1) is 0 Å². The molecule has 1 aromatic heterocycles. The Morgan fingerprint density at radius 1 is 1.56 bits per heavy atom. The summed E-state index contributed by atoms with van der Waals surface area (Å²) in [5.74, 6) is -0.538. The van der Waals surface area contributed by atoms with Gasteiger partial charge in [-0.2, -0.15) is 0 Å². The zero-order chi connectivity index (χ0) is 13.3. The summed E-state index contributed by atoms with van der Waals surface area (Å²) in [4.78, 5) is 24.1. The number of likely N-dealkylation sites (tertiary alicyclic amines) is 1. The Kier molecular flexibility index (Phi) is 3.13. The lowest BCUT2D eigenvalue weighted by Gasteiger charge is -2.47. The molecule has 1 fully saturated rings. The van der Waals surface area contributed by atoms with Crippen LogP contribution in [0, 0.1) is 6.92 Å². The lowest BCUT2D eigenvalue weighted by molar-refractivity contribution is -0.159. The van der Waals surface area contributed by atoms with Crippen LogP contribution < -0.4 is 0 Å². The number of rotatable bonds is 4. The summed E-state index contributed by atoms with van der Waals surface area (Å²) in [5, 5.41) is 8.54. The van der Waals surface area contributed by atoms with Crippen molar-refractivity contribution in [3.8, 4) is 0 Å². The Morgan fingerprint density at radius 3 is 2.72 bits per heavy atom. The summed E-state index contributed by atoms with van der Waals surface area (Å²) in [6, 6.07) is 1.63. The number of nitrogens with zero attached hydrogens (tertiary/aromatic N) is 1. The Hall–Kier alpha value is -1.82. The van der Waals surface area contributed by atoms with Crippen molar-refractivity contribution in [3.63, 3.8) is 0 Å². The SMILES string of the molecule is Cc1occc1C(=O)N1CC(C)(OCC(=O)O)C1. The molecule has 18 heavy (non-hydrogen) atoms. The highest BCUT2D eigenvalue weighted by Crippen LogP contribution is 2.27. The normalized spacial score (nSPS) is 17.3. The molecule has 2 heterocycles. The minimum Gasteiger partial charge on any atom is -0.480 e. The Morgan fingerprint density at radius 2 is 2.22 bits per heavy atom. The first-order chi connectivity index (χ1) is 8.41. The van der Waals surface area contributed by atoms with Crippen molar-refractivity contribution in [1.82, 2.24) is 4.90 Å². The number of carboxylic acid groups (broad SMARTS) is 1. The molecule has 0 aromatic carbocycles. The van der Waals surface area contributed by atoms with Crippen LogP contribution in [-0.2, 0) is 9.53 Å². The van der Waals surface area contributed by atoms with Gasteiger partial charge in [0, 0.05) is 0 Å². The van der Waals surface area contributed by atoms with Gasteiger partial charge in [-0.05, 0) is 19.9 Å². The lowest BCUT2D eigenvalue weighted by Crippen LogP contribution is -2.63. The number of aliphatic carboxylic acids is 1. The quantitative estimate of drug-likeness (QED) is 0.862. The summed E-state index contributed by atoms with van der Waals surface area (Å²) in [5.41, 5.74) is -0.0265. The second kappa shape index (κ2) is 4.45. The van der Waals surface area contributed by atoms with Crippen molar-refractivity contribution < 1.29 is 23.8 Å². The number of carboxylic acids is 1. The number of carbonyl (C=O) groups excluding carboxylic acids is 1. The molecule has 1 aromatic rings. The first-order valence-electron chi connectivity index (χ1n) is 5.60. The fraction of sp³-hybridized carbons (Fsp3) is 0.500. The van der Waals surface area contributed by atoms with E-state index >= 15 is 0 Å². The molecule has 2 rings (SSSR count). The van der Waals surface area contributed by atoms with Gasteiger partial charge in [0.2, 0.25) is 0 Å². The summed E-state index contributed by atoms with van der Waals surface area (Å²) in [6.45, 7) is 3.96. The summed E-state index contributed by atoms with van der Waals surface area (Å²) < 4.78 is 10.3. The third-order valence-electron chi connectivity index (χ3n) is 2.97. The van der Waals surface area contributed by atoms with E-state index in [1.54, 1.807) is 24.8 Å². The predicted octanol–water partition coefficient (Wildman–Crippen LogP) is 0.904. The first kappa shape index (κ1) is 12.6. The first-order valence-corrected chi connectivity index (χ1v) is 5.60. The van der Waals surface area contributed by atoms with Crippen molar-refractivity contribution in [2.24, 2.45) is 0 Å². The zero-order valence-electron chi connectivity index (χ0n) is 10.3. The van der Waals surface area contributed by atoms with E-state index in [9.17, 15) is 9.59 Å². The predicted molar refractivity (Wildman–Crippen MR) is 61.3 cm³/mol. The van der Waals surface area contributed by atoms with Gasteiger partial charge in [0.1, 0.15) is 18.0 Å². The molecule has 0 aliphatic carbocycles. The minimum absolute atomic E-state index is 0.113. The molecule has 98 valence electrons. The fourth-order valence-corrected chi connectivity index (χ4v) is 2.01. The molecule has 0 saturated carbocycles. The number of hydrogen-bond acceptors (Lipinski definition) is 4. The molecule has 1 saturated heterocycles. The highest BCUT2D eigenvalue weighted by molar-refractivity contribution is 5.95. The van der Waals surface area contributed by atoms with Crippen LogP contribution >= 0.6 is 0 Å². The van der Waals surface area contributed by atoms with Gasteiger partial charge in [-0.3, -0.25) is 4.79 Å². The maximum absolute atomic E-state index is 12.0. The topological polar surface area (TPSA) is 80.0 Å². The third-order valence-corrected chi connectivity index (χ3v) is 2.97. The van der Waals surface area contributed by atoms with Crippen molar-refractivity contribution in [3.05, 3.63) is 23.7 Å². The van der Waals surface area contributed by atoms with Crippen LogP contribution in [0.25, 0.3) is 0 Å². The van der Waals surface area contributed by atoms with Crippen LogP contribution in [0.1, 0.15) is 23.0 Å². The number of furan rings is 1. The summed E-state index contributed by atoms with van der Waals surface area (Å²) in [7, 11) is 0. The molecule has 1 amide bonds. The molecule has 1 aliphatic rings. The Balaban J connectivity index is 1.91. The van der Waals surface area contributed by atoms with E-state index in [0.29, 0.717) is 24.4 Å². The van der Waals surface area contributed by atoms with Crippen LogP contribution in [0.3, 0.4) is 0 Å². The van der Waals surface area contributed by atoms with E-state index in [2.05, 4.69) is 0 Å². The molecule has 6 heteroatoms. The number of amides is 1. The van der Waals surface area contributed by atoms with Crippen LogP contribution in [0.2, 0.25) is 0 Å². The number of ether oxygens (including phenoxy) is 1. The van der Waals surface area contributed by atoms with Crippen molar-refractivity contribution in [2.75, 3.05) is 19.7 Å². The second-order valence-electron chi connectivity index (χ2n) is 4.68. The number of carbonyl (C=O) groups is 2. The summed E-state index contributed by atoms with van der Waals surface area (Å²) >= 11 is 0. The molecule has 6 nitrogen and oxygen atoms in total. The van der Waals surface area contributed by atoms with E-state index < -0.39 is 11.6 Å². The van der Waals surface area contributed by atoms with Crippen molar-refractivity contribution in [1.29, 1.82) is 0 Å². The monoisotopic (exact) mass is 253 g/mol. The van der Waals surface area contributed by atoms with Gasteiger partial charge in [-0.25, -0.2) is 4.79 Å². The van der Waals surface area contributed by atoms with Crippen molar-refractivity contribution >= 4 is 11.9 Å². The highest BCUT2D eigenvalue weighted by Gasteiger charge is 2.43. The number of hydrogen-bond donors (Lipinski definition) is 1. The van der Waals surface area contributed by atoms with E-state index in [-0.39, 0.29) is 12.5 Å². The molecule has 0 unspecified atom stereocenters. The van der Waals surface area contributed by atoms with Crippen LogP contribution in [0.15, 0.2) is 16.7 Å². The average molecular weight is 253 g/mol. The van der Waals surface area contributed by atoms with Gasteiger partial charge in [0.25, 0.3) is 5.91 Å². The van der Waals surface area contributed by atoms with E-state index in [1.807, 2.05) is 0 Å². The molecule has 0 radical (unpaired) electrons. The van der Waals surface area contributed by atoms with Gasteiger partial charge in [0.15, 0.2) is 0 Å². The number of aryl methyl sites for hydroxylation is 1. The van der Waals surface area contributed by atoms with Gasteiger partial charge in [-0.1, -0.05) is 0 Å². The Bertz CT molecular complexity index is 473. The largest absolute Gasteiger partial charge is 0.480 e. The molecule has 1 N–H and O–H groups in total. The standard InChI is InChI=1S/C12H15NO5/c1-8-9(3-4-17-8)11(16)13-6-12(2,7-13)18-5-10(14)15/h3-4H,5-7H2,1-2H3,(H,14,15). The van der Waals surface area contributed by atoms with Crippen molar-refractivity contribution in [2.45, 2.75) is 19.4 Å². The molecule has 0 bridgehead atoms. The van der Waals surface area contributed by atoms with Crippen LogP contribution in [-0.4, -0.2) is 47.2 Å². The second-order valence-corrected chi connectivity index (χ2v) is 4.68. The smallest absolute Gasteiger partial charge is 0.329 e. The molecular formula is C12H15NO5. The molecular weight excluding hydrogens is 238 g/mol. The zero-order valence-corrected chi connectivity index (χ0v) is 10.3. The van der Waals surface area contributed by atoms with Crippen LogP contribution in [0.4, 0.5) is 0 Å². The van der Waals surface area contributed by atoms with E-state index in [4.69, 9.17) is 14.3 Å². The average Bonchev–Trinajstić information content (AvgIpc) is 2.68. The maximum atomic E-state index is 12.0. The highest BCUT2D eigenvalue weighted by atomic mass is 16.5. The molecule has 0 atom stereocenters. The maximum Gasteiger partial charge on any atom is 0.329 e.